The standard InChI is InChI=1S/C15H28N4/c1-5-18-7-6-14(10-18)11-19-9-13(4)17-15(19)16-8-12(2)3/h9,12,14H,5-8,10-11H2,1-4H3,(H,16,17). The highest BCUT2D eigenvalue weighted by Crippen LogP contribution is 2.20. The molecule has 1 aromatic rings. The Morgan fingerprint density at radius 2 is 2.26 bits per heavy atom. The third-order valence-electron chi connectivity index (χ3n) is 3.84. The molecule has 19 heavy (non-hydrogen) atoms. The summed E-state index contributed by atoms with van der Waals surface area (Å²) in [6.07, 6.45) is 3.49. The van der Waals surface area contributed by atoms with Crippen molar-refractivity contribution in [2.24, 2.45) is 11.8 Å². The molecule has 0 amide bonds. The Labute approximate surface area is 117 Å². The first-order valence-electron chi connectivity index (χ1n) is 7.58. The number of nitrogens with zero attached hydrogens (tertiary/aromatic N) is 3. The number of aryl methyl sites for hydroxylation is 1. The maximum Gasteiger partial charge on any atom is 0.203 e. The molecule has 0 radical (unpaired) electrons. The third kappa shape index (κ3) is 3.96. The van der Waals surface area contributed by atoms with Gasteiger partial charge in [-0.2, -0.15) is 0 Å². The summed E-state index contributed by atoms with van der Waals surface area (Å²) in [5.41, 5.74) is 1.11. The summed E-state index contributed by atoms with van der Waals surface area (Å²) in [5.74, 6) is 2.46. The number of aromatic nitrogens is 2. The SMILES string of the molecule is CCN1CCC(Cn2cc(C)nc2NCC(C)C)C1. The molecule has 4 heteroatoms. The van der Waals surface area contributed by atoms with E-state index in [1.54, 1.807) is 0 Å². The van der Waals surface area contributed by atoms with Crippen molar-refractivity contribution in [3.05, 3.63) is 11.9 Å². The van der Waals surface area contributed by atoms with Crippen molar-refractivity contribution < 1.29 is 0 Å². The molecular formula is C15H28N4. The Bertz CT molecular complexity index is 397. The topological polar surface area (TPSA) is 33.1 Å². The molecule has 1 aliphatic heterocycles. The average molecular weight is 264 g/mol. The first kappa shape index (κ1) is 14.4. The number of hydrogen-bond acceptors (Lipinski definition) is 3. The lowest BCUT2D eigenvalue weighted by atomic mass is 10.1. The fourth-order valence-electron chi connectivity index (χ4n) is 2.75. The van der Waals surface area contributed by atoms with Gasteiger partial charge < -0.3 is 14.8 Å². The maximum absolute atomic E-state index is 4.60. The quantitative estimate of drug-likeness (QED) is 0.857. The lowest BCUT2D eigenvalue weighted by molar-refractivity contribution is 0.333. The highest BCUT2D eigenvalue weighted by Gasteiger charge is 2.22. The predicted octanol–water partition coefficient (Wildman–Crippen LogP) is 2.60. The monoisotopic (exact) mass is 264 g/mol. The molecule has 0 bridgehead atoms. The largest absolute Gasteiger partial charge is 0.355 e. The zero-order chi connectivity index (χ0) is 13.8. The molecule has 1 saturated heterocycles. The molecule has 0 spiro atoms. The van der Waals surface area contributed by atoms with Crippen molar-refractivity contribution in [1.82, 2.24) is 14.5 Å². The van der Waals surface area contributed by atoms with E-state index in [2.05, 4.69) is 53.7 Å². The van der Waals surface area contributed by atoms with Gasteiger partial charge in [0.25, 0.3) is 0 Å². The molecule has 1 unspecified atom stereocenters. The number of nitrogens with one attached hydrogen (secondary N) is 1. The Hall–Kier alpha value is -1.03. The zero-order valence-corrected chi connectivity index (χ0v) is 12.8. The number of hydrogen-bond donors (Lipinski definition) is 1. The molecule has 0 saturated carbocycles. The molecule has 1 N–H and O–H groups in total. The zero-order valence-electron chi connectivity index (χ0n) is 12.8. The number of anilines is 1. The fraction of sp³-hybridized carbons (Fsp3) is 0.800. The minimum Gasteiger partial charge on any atom is -0.355 e. The van der Waals surface area contributed by atoms with E-state index in [9.17, 15) is 0 Å². The van der Waals surface area contributed by atoms with Crippen molar-refractivity contribution in [2.45, 2.75) is 40.7 Å². The van der Waals surface area contributed by atoms with Crippen molar-refractivity contribution in [2.75, 3.05) is 31.5 Å². The van der Waals surface area contributed by atoms with Crippen LogP contribution in [0.4, 0.5) is 5.95 Å². The molecule has 0 aromatic carbocycles. The van der Waals surface area contributed by atoms with E-state index in [0.717, 1.165) is 30.6 Å². The van der Waals surface area contributed by atoms with Gasteiger partial charge in [-0.3, -0.25) is 0 Å². The average Bonchev–Trinajstić information content (AvgIpc) is 2.94. The second-order valence-electron chi connectivity index (χ2n) is 6.18. The van der Waals surface area contributed by atoms with Crippen LogP contribution in [-0.2, 0) is 6.54 Å². The Morgan fingerprint density at radius 3 is 2.89 bits per heavy atom. The highest BCUT2D eigenvalue weighted by atomic mass is 15.2. The van der Waals surface area contributed by atoms with E-state index in [1.807, 2.05) is 0 Å². The third-order valence-corrected chi connectivity index (χ3v) is 3.84. The van der Waals surface area contributed by atoms with Crippen LogP contribution < -0.4 is 5.32 Å². The molecule has 1 atom stereocenters. The highest BCUT2D eigenvalue weighted by molar-refractivity contribution is 5.28. The normalized spacial score (nSPS) is 20.4. The molecule has 2 heterocycles. The summed E-state index contributed by atoms with van der Waals surface area (Å²) in [6, 6.07) is 0. The van der Waals surface area contributed by atoms with E-state index in [-0.39, 0.29) is 0 Å². The first-order chi connectivity index (χ1) is 9.08. The van der Waals surface area contributed by atoms with Gasteiger partial charge in [0.15, 0.2) is 0 Å². The Balaban J connectivity index is 1.95. The molecular weight excluding hydrogens is 236 g/mol. The van der Waals surface area contributed by atoms with Gasteiger partial charge in [-0.15, -0.1) is 0 Å². The molecule has 1 aliphatic rings. The predicted molar refractivity (Wildman–Crippen MR) is 80.5 cm³/mol. The van der Waals surface area contributed by atoms with E-state index in [0.29, 0.717) is 5.92 Å². The molecule has 2 rings (SSSR count). The molecule has 1 aromatic heterocycles. The smallest absolute Gasteiger partial charge is 0.203 e. The van der Waals surface area contributed by atoms with Crippen molar-refractivity contribution in [1.29, 1.82) is 0 Å². The van der Waals surface area contributed by atoms with E-state index in [1.165, 1.54) is 26.1 Å². The Morgan fingerprint density at radius 1 is 1.47 bits per heavy atom. The van der Waals surface area contributed by atoms with Gasteiger partial charge in [-0.05, 0) is 38.3 Å². The van der Waals surface area contributed by atoms with Crippen molar-refractivity contribution in [3.63, 3.8) is 0 Å². The summed E-state index contributed by atoms with van der Waals surface area (Å²) in [4.78, 5) is 7.14. The molecule has 4 nitrogen and oxygen atoms in total. The van der Waals surface area contributed by atoms with Gasteiger partial charge in [-0.1, -0.05) is 20.8 Å². The number of likely N-dealkylation sites (tertiary alicyclic amines) is 1. The fourth-order valence-corrected chi connectivity index (χ4v) is 2.75. The van der Waals surface area contributed by atoms with Gasteiger partial charge in [0.05, 0.1) is 5.69 Å². The number of rotatable bonds is 6. The number of imidazole rings is 1. The van der Waals surface area contributed by atoms with Crippen LogP contribution in [0.2, 0.25) is 0 Å². The summed E-state index contributed by atoms with van der Waals surface area (Å²) in [5, 5.41) is 3.47. The molecule has 108 valence electrons. The lowest BCUT2D eigenvalue weighted by Gasteiger charge is -2.16. The van der Waals surface area contributed by atoms with Crippen LogP contribution >= 0.6 is 0 Å². The lowest BCUT2D eigenvalue weighted by Crippen LogP contribution is -2.22. The second-order valence-corrected chi connectivity index (χ2v) is 6.18. The van der Waals surface area contributed by atoms with Crippen LogP contribution in [-0.4, -0.2) is 40.6 Å². The minimum absolute atomic E-state index is 0.646. The summed E-state index contributed by atoms with van der Waals surface area (Å²) in [7, 11) is 0. The van der Waals surface area contributed by atoms with E-state index >= 15 is 0 Å². The summed E-state index contributed by atoms with van der Waals surface area (Å²) >= 11 is 0. The van der Waals surface area contributed by atoms with Gasteiger partial charge >= 0.3 is 0 Å². The van der Waals surface area contributed by atoms with Gasteiger partial charge in [0, 0.05) is 25.8 Å². The van der Waals surface area contributed by atoms with Crippen LogP contribution in [0.25, 0.3) is 0 Å². The second kappa shape index (κ2) is 6.42. The molecule has 0 aliphatic carbocycles. The summed E-state index contributed by atoms with van der Waals surface area (Å²) < 4.78 is 2.31. The van der Waals surface area contributed by atoms with Gasteiger partial charge in [0.1, 0.15) is 0 Å². The van der Waals surface area contributed by atoms with Gasteiger partial charge in [0.2, 0.25) is 5.95 Å². The first-order valence-corrected chi connectivity index (χ1v) is 7.58. The summed E-state index contributed by atoms with van der Waals surface area (Å²) in [6.45, 7) is 14.5. The Kier molecular flexibility index (Phi) is 4.86. The van der Waals surface area contributed by atoms with Crippen molar-refractivity contribution >= 4 is 5.95 Å². The van der Waals surface area contributed by atoms with Crippen LogP contribution in [0.3, 0.4) is 0 Å². The van der Waals surface area contributed by atoms with Crippen LogP contribution in [0.1, 0.15) is 32.9 Å². The van der Waals surface area contributed by atoms with E-state index in [4.69, 9.17) is 0 Å². The van der Waals surface area contributed by atoms with E-state index < -0.39 is 0 Å². The maximum atomic E-state index is 4.60. The van der Waals surface area contributed by atoms with Crippen LogP contribution in [0.5, 0.6) is 0 Å². The van der Waals surface area contributed by atoms with Crippen LogP contribution in [0.15, 0.2) is 6.20 Å². The van der Waals surface area contributed by atoms with Crippen LogP contribution in [0, 0.1) is 18.8 Å². The van der Waals surface area contributed by atoms with Gasteiger partial charge in [-0.25, -0.2) is 4.98 Å². The van der Waals surface area contributed by atoms with Crippen molar-refractivity contribution in [3.8, 4) is 0 Å². The minimum atomic E-state index is 0.646. The molecule has 1 fully saturated rings.